The summed E-state index contributed by atoms with van der Waals surface area (Å²) in [6.45, 7) is 4.36. The summed E-state index contributed by atoms with van der Waals surface area (Å²) >= 11 is 6.21. The van der Waals surface area contributed by atoms with Crippen molar-refractivity contribution in [1.82, 2.24) is 0 Å². The summed E-state index contributed by atoms with van der Waals surface area (Å²) < 4.78 is 0. The van der Waals surface area contributed by atoms with Crippen LogP contribution in [0, 0.1) is 0 Å². The van der Waals surface area contributed by atoms with Gasteiger partial charge in [-0.15, -0.1) is 0 Å². The van der Waals surface area contributed by atoms with Gasteiger partial charge in [-0.25, -0.2) is 0 Å². The number of hydrogen-bond donors (Lipinski definition) is 4. The number of thiol groups is 2. The largest absolute Gasteiger partial charge is 1.00 e. The normalized spacial score (nSPS) is 6.15. The van der Waals surface area contributed by atoms with Crippen LogP contribution in [0.1, 0.15) is 28.1 Å². The number of unbranched alkanes of at least 4 members (excludes halogenated alkanes) is 1. The molecule has 0 aliphatic heterocycles. The van der Waals surface area contributed by atoms with Gasteiger partial charge in [0.2, 0.25) is 0 Å². The van der Waals surface area contributed by atoms with Gasteiger partial charge in [-0.1, -0.05) is 51.9 Å². The topological polar surface area (TPSA) is 86.2 Å². The summed E-state index contributed by atoms with van der Waals surface area (Å²) in [4.78, 5) is 18.2. The molecule has 76 valence electrons. The van der Waals surface area contributed by atoms with Crippen LogP contribution in [0.2, 0.25) is 0 Å². The van der Waals surface area contributed by atoms with Crippen LogP contribution < -0.4 is 41.0 Å². The molecule has 0 atom stereocenters. The zero-order chi connectivity index (χ0) is 10.6. The van der Waals surface area contributed by atoms with Crippen LogP contribution in [-0.4, -0.2) is 10.5 Å². The Balaban J connectivity index is -0.0000000270. The summed E-state index contributed by atoms with van der Waals surface area (Å²) in [7, 11) is 0. The number of rotatable bonds is 1. The Bertz CT molecular complexity index is 108. The molecule has 0 bridgehead atoms. The molecule has 13 heavy (non-hydrogen) atoms. The SMILES string of the molecule is CCCC.NC(=O)S.NC(=O)S.[H-].[Na+]. The Morgan fingerprint density at radius 2 is 1.15 bits per heavy atom. The van der Waals surface area contributed by atoms with Crippen molar-refractivity contribution in [3.63, 3.8) is 0 Å². The van der Waals surface area contributed by atoms with Crippen LogP contribution in [0.15, 0.2) is 0 Å². The van der Waals surface area contributed by atoms with Crippen LogP contribution in [0.3, 0.4) is 0 Å². The van der Waals surface area contributed by atoms with E-state index in [2.05, 4.69) is 50.6 Å². The smallest absolute Gasteiger partial charge is 1.00 e. The van der Waals surface area contributed by atoms with Gasteiger partial charge in [0.25, 0.3) is 10.5 Å². The first-order valence-corrected chi connectivity index (χ1v) is 4.24. The second kappa shape index (κ2) is 22.9. The average molecular weight is 236 g/mol. The van der Waals surface area contributed by atoms with Gasteiger partial charge in [-0.3, -0.25) is 9.59 Å². The molecule has 0 aliphatic carbocycles. The van der Waals surface area contributed by atoms with Gasteiger partial charge in [-0.2, -0.15) is 0 Å². The molecular weight excluding hydrogens is 219 g/mol. The monoisotopic (exact) mass is 236 g/mol. The van der Waals surface area contributed by atoms with Gasteiger partial charge in [0, 0.05) is 0 Å². The number of primary amides is 2. The van der Waals surface area contributed by atoms with Gasteiger partial charge in [0.05, 0.1) is 0 Å². The fourth-order valence-electron chi connectivity index (χ4n) is 0. The van der Waals surface area contributed by atoms with Crippen molar-refractivity contribution in [1.29, 1.82) is 0 Å². The quantitative estimate of drug-likeness (QED) is 0.344. The third-order valence-corrected chi connectivity index (χ3v) is 0.500. The van der Waals surface area contributed by atoms with Crippen LogP contribution in [0.4, 0.5) is 9.59 Å². The summed E-state index contributed by atoms with van der Waals surface area (Å²) in [5.41, 5.74) is 8.67. The van der Waals surface area contributed by atoms with Crippen molar-refractivity contribution < 1.29 is 40.6 Å². The van der Waals surface area contributed by atoms with Gasteiger partial charge >= 0.3 is 29.6 Å². The molecule has 0 saturated carbocycles. The van der Waals surface area contributed by atoms with Crippen molar-refractivity contribution in [2.75, 3.05) is 0 Å². The Hall–Kier alpha value is 0.640. The average Bonchev–Trinajstić information content (AvgIpc) is 1.85. The molecule has 0 aliphatic rings. The van der Waals surface area contributed by atoms with Crippen molar-refractivity contribution >= 4 is 35.7 Å². The van der Waals surface area contributed by atoms with E-state index in [1.807, 2.05) is 0 Å². The molecule has 0 spiro atoms. The molecule has 0 rings (SSSR count). The molecule has 0 fully saturated rings. The minimum absolute atomic E-state index is 0. The van der Waals surface area contributed by atoms with Crippen LogP contribution in [0.25, 0.3) is 0 Å². The van der Waals surface area contributed by atoms with Crippen LogP contribution >= 0.6 is 25.3 Å². The molecule has 4 nitrogen and oxygen atoms in total. The van der Waals surface area contributed by atoms with E-state index in [0.29, 0.717) is 0 Å². The fraction of sp³-hybridized carbons (Fsp3) is 0.667. The second-order valence-corrected chi connectivity index (χ2v) is 2.56. The van der Waals surface area contributed by atoms with E-state index in [1.165, 1.54) is 12.8 Å². The maximum Gasteiger partial charge on any atom is 1.00 e. The molecule has 0 unspecified atom stereocenters. The molecule has 0 heterocycles. The van der Waals surface area contributed by atoms with E-state index in [4.69, 9.17) is 9.59 Å². The van der Waals surface area contributed by atoms with E-state index < -0.39 is 10.5 Å². The van der Waals surface area contributed by atoms with E-state index in [-0.39, 0.29) is 31.0 Å². The van der Waals surface area contributed by atoms with Gasteiger partial charge in [0.1, 0.15) is 0 Å². The predicted molar refractivity (Wildman–Crippen MR) is 58.8 cm³/mol. The minimum Gasteiger partial charge on any atom is -1.00 e. The first-order chi connectivity index (χ1) is 5.38. The van der Waals surface area contributed by atoms with E-state index in [1.54, 1.807) is 0 Å². The Kier molecular flexibility index (Phi) is 41.4. The molecular formula is C6H17N2NaO2S2. The maximum atomic E-state index is 9.09. The first-order valence-electron chi connectivity index (χ1n) is 3.35. The van der Waals surface area contributed by atoms with Crippen molar-refractivity contribution in [3.8, 4) is 0 Å². The van der Waals surface area contributed by atoms with E-state index in [9.17, 15) is 0 Å². The van der Waals surface area contributed by atoms with E-state index in [0.717, 1.165) is 0 Å². The van der Waals surface area contributed by atoms with Crippen molar-refractivity contribution in [3.05, 3.63) is 0 Å². The number of carbonyl (C=O) groups is 2. The maximum absolute atomic E-state index is 9.09. The van der Waals surface area contributed by atoms with Gasteiger partial charge in [0.15, 0.2) is 0 Å². The summed E-state index contributed by atoms with van der Waals surface area (Å²) in [6, 6.07) is 0. The van der Waals surface area contributed by atoms with Gasteiger partial charge < -0.3 is 12.9 Å². The number of hydrogen-bond acceptors (Lipinski definition) is 2. The molecule has 0 saturated heterocycles. The number of carbonyl (C=O) groups excluding carboxylic acids is 2. The zero-order valence-electron chi connectivity index (χ0n) is 9.28. The zero-order valence-corrected chi connectivity index (χ0v) is 12.1. The van der Waals surface area contributed by atoms with E-state index >= 15 is 0 Å². The Labute approximate surface area is 114 Å². The molecule has 4 N–H and O–H groups in total. The Morgan fingerprint density at radius 1 is 1.08 bits per heavy atom. The number of amides is 2. The molecule has 0 aromatic heterocycles. The van der Waals surface area contributed by atoms with Crippen LogP contribution in [-0.2, 0) is 0 Å². The number of nitrogens with two attached hydrogens (primary N) is 2. The van der Waals surface area contributed by atoms with Crippen molar-refractivity contribution in [2.24, 2.45) is 11.5 Å². The second-order valence-electron chi connectivity index (χ2n) is 1.68. The standard InChI is InChI=1S/C4H10.2CH3NOS.Na.H/c1-3-4-2;2*2-1(3)4;;/h3-4H2,1-2H3;2*(H3,2,3,4);;/q;;;+1;-1. The summed E-state index contributed by atoms with van der Waals surface area (Å²) in [5.74, 6) is 0. The summed E-state index contributed by atoms with van der Waals surface area (Å²) in [6.07, 6.45) is 2.64. The molecule has 0 aromatic carbocycles. The van der Waals surface area contributed by atoms with Crippen LogP contribution in [0.5, 0.6) is 0 Å². The summed E-state index contributed by atoms with van der Waals surface area (Å²) in [5, 5.41) is -1.28. The third kappa shape index (κ3) is 532. The third-order valence-electron chi connectivity index (χ3n) is 0.500. The fourth-order valence-corrected chi connectivity index (χ4v) is 0. The molecule has 0 aromatic rings. The molecule has 7 heteroatoms. The first kappa shape index (κ1) is 23.5. The predicted octanol–water partition coefficient (Wildman–Crippen LogP) is -1.09. The minimum atomic E-state index is -0.639. The molecule has 0 radical (unpaired) electrons. The molecule has 2 amide bonds. The van der Waals surface area contributed by atoms with Gasteiger partial charge in [-0.05, 0) is 0 Å². The Morgan fingerprint density at radius 3 is 1.15 bits per heavy atom. The van der Waals surface area contributed by atoms with Crippen molar-refractivity contribution in [2.45, 2.75) is 26.7 Å².